The molecule has 0 aliphatic rings. The first-order valence-corrected chi connectivity index (χ1v) is 6.14. The normalized spacial score (nSPS) is 10.3. The van der Waals surface area contributed by atoms with Gasteiger partial charge >= 0.3 is 0 Å². The molecule has 2 aromatic rings. The van der Waals surface area contributed by atoms with Crippen LogP contribution in [0.4, 0.5) is 5.88 Å². The molecule has 6 heteroatoms. The van der Waals surface area contributed by atoms with Gasteiger partial charge in [-0.05, 0) is 19.1 Å². The Morgan fingerprint density at radius 1 is 1.52 bits per heavy atom. The van der Waals surface area contributed by atoms with Gasteiger partial charge in [0.15, 0.2) is 0 Å². The summed E-state index contributed by atoms with van der Waals surface area (Å²) >= 11 is 0. The SMILES string of the molecule is C=C(C)c1nc(C#N)c(N/N=C/c2ccccc2OC)o1. The Kier molecular flexibility index (Phi) is 4.36. The second kappa shape index (κ2) is 6.39. The Morgan fingerprint density at radius 3 is 2.95 bits per heavy atom. The van der Waals surface area contributed by atoms with Crippen LogP contribution >= 0.6 is 0 Å². The van der Waals surface area contributed by atoms with E-state index in [1.54, 1.807) is 20.2 Å². The summed E-state index contributed by atoms with van der Waals surface area (Å²) in [5.74, 6) is 1.19. The standard InChI is InChI=1S/C15H14N4O2/c1-10(2)14-18-12(8-16)15(21-14)19-17-9-11-6-4-5-7-13(11)20-3/h4-7,9,19H,1H2,2-3H3/b17-9+. The number of nitriles is 1. The molecule has 0 radical (unpaired) electrons. The van der Waals surface area contributed by atoms with Gasteiger partial charge in [0.2, 0.25) is 11.6 Å². The Morgan fingerprint density at radius 2 is 2.29 bits per heavy atom. The van der Waals surface area contributed by atoms with Crippen molar-refractivity contribution in [1.82, 2.24) is 4.98 Å². The van der Waals surface area contributed by atoms with Gasteiger partial charge in [0.25, 0.3) is 5.88 Å². The largest absolute Gasteiger partial charge is 0.496 e. The van der Waals surface area contributed by atoms with Crippen molar-refractivity contribution in [2.24, 2.45) is 5.10 Å². The second-order valence-corrected chi connectivity index (χ2v) is 4.20. The zero-order chi connectivity index (χ0) is 15.2. The highest BCUT2D eigenvalue weighted by Crippen LogP contribution is 2.21. The lowest BCUT2D eigenvalue weighted by Crippen LogP contribution is -1.94. The highest BCUT2D eigenvalue weighted by atomic mass is 16.5. The van der Waals surface area contributed by atoms with Crippen LogP contribution in [0.1, 0.15) is 24.1 Å². The summed E-state index contributed by atoms with van der Waals surface area (Å²) < 4.78 is 10.6. The van der Waals surface area contributed by atoms with Crippen LogP contribution in [0.5, 0.6) is 5.75 Å². The number of benzene rings is 1. The van der Waals surface area contributed by atoms with Crippen LogP contribution in [0.15, 0.2) is 40.4 Å². The van der Waals surface area contributed by atoms with E-state index < -0.39 is 0 Å². The molecule has 1 aromatic carbocycles. The van der Waals surface area contributed by atoms with E-state index in [1.807, 2.05) is 30.3 Å². The van der Waals surface area contributed by atoms with Gasteiger partial charge in [-0.25, -0.2) is 5.43 Å². The van der Waals surface area contributed by atoms with Gasteiger partial charge in [0.1, 0.15) is 11.8 Å². The number of hydrazone groups is 1. The molecule has 0 aliphatic heterocycles. The first-order chi connectivity index (χ1) is 10.2. The molecule has 0 fully saturated rings. The van der Waals surface area contributed by atoms with Crippen molar-refractivity contribution in [2.45, 2.75) is 6.92 Å². The Balaban J connectivity index is 2.18. The van der Waals surface area contributed by atoms with Gasteiger partial charge in [-0.15, -0.1) is 0 Å². The predicted octanol–water partition coefficient (Wildman–Crippen LogP) is 3.03. The molecule has 0 amide bonds. The lowest BCUT2D eigenvalue weighted by atomic mass is 10.2. The summed E-state index contributed by atoms with van der Waals surface area (Å²) in [4.78, 5) is 4.00. The summed E-state index contributed by atoms with van der Waals surface area (Å²) in [5, 5.41) is 13.0. The minimum Gasteiger partial charge on any atom is -0.496 e. The molecule has 0 saturated carbocycles. The van der Waals surface area contributed by atoms with Crippen molar-refractivity contribution in [3.63, 3.8) is 0 Å². The van der Waals surface area contributed by atoms with E-state index in [4.69, 9.17) is 14.4 Å². The van der Waals surface area contributed by atoms with Crippen LogP contribution in [-0.2, 0) is 0 Å². The molecule has 2 rings (SSSR count). The van der Waals surface area contributed by atoms with Gasteiger partial charge in [-0.3, -0.25) is 0 Å². The first-order valence-electron chi connectivity index (χ1n) is 6.14. The van der Waals surface area contributed by atoms with E-state index in [9.17, 15) is 0 Å². The second-order valence-electron chi connectivity index (χ2n) is 4.20. The topological polar surface area (TPSA) is 83.4 Å². The fourth-order valence-electron chi connectivity index (χ4n) is 1.59. The number of rotatable bonds is 5. The van der Waals surface area contributed by atoms with Gasteiger partial charge < -0.3 is 9.15 Å². The number of ether oxygens (including phenoxy) is 1. The van der Waals surface area contributed by atoms with E-state index in [0.717, 1.165) is 5.56 Å². The van der Waals surface area contributed by atoms with Crippen molar-refractivity contribution in [1.29, 1.82) is 5.26 Å². The molecule has 1 heterocycles. The number of hydrogen-bond donors (Lipinski definition) is 1. The molecule has 6 nitrogen and oxygen atoms in total. The Hall–Kier alpha value is -3.07. The van der Waals surface area contributed by atoms with E-state index in [2.05, 4.69) is 22.1 Å². The summed E-state index contributed by atoms with van der Waals surface area (Å²) in [6.45, 7) is 5.46. The number of anilines is 1. The fourth-order valence-corrected chi connectivity index (χ4v) is 1.59. The highest BCUT2D eigenvalue weighted by molar-refractivity contribution is 5.83. The van der Waals surface area contributed by atoms with E-state index in [1.165, 1.54) is 0 Å². The zero-order valence-corrected chi connectivity index (χ0v) is 11.8. The van der Waals surface area contributed by atoms with Crippen molar-refractivity contribution in [3.8, 4) is 11.8 Å². The lowest BCUT2D eigenvalue weighted by Gasteiger charge is -2.02. The number of nitrogens with one attached hydrogen (secondary N) is 1. The van der Waals surface area contributed by atoms with Crippen molar-refractivity contribution >= 4 is 17.7 Å². The van der Waals surface area contributed by atoms with Crippen LogP contribution in [0.2, 0.25) is 0 Å². The average Bonchev–Trinajstić information content (AvgIpc) is 2.91. The van der Waals surface area contributed by atoms with Crippen LogP contribution < -0.4 is 10.2 Å². The lowest BCUT2D eigenvalue weighted by molar-refractivity contribution is 0.414. The van der Waals surface area contributed by atoms with Crippen LogP contribution in [0.25, 0.3) is 5.57 Å². The molecule has 1 aromatic heterocycles. The van der Waals surface area contributed by atoms with Crippen LogP contribution in [0.3, 0.4) is 0 Å². The number of para-hydroxylation sites is 1. The Bertz CT molecular complexity index is 726. The van der Waals surface area contributed by atoms with Gasteiger partial charge in [-0.2, -0.15) is 15.3 Å². The molecule has 106 valence electrons. The minimum atomic E-state index is 0.130. The summed E-state index contributed by atoms with van der Waals surface area (Å²) in [5.41, 5.74) is 4.22. The number of oxazole rings is 1. The van der Waals surface area contributed by atoms with Gasteiger partial charge in [0.05, 0.1) is 13.3 Å². The van der Waals surface area contributed by atoms with Crippen molar-refractivity contribution < 1.29 is 9.15 Å². The molecular weight excluding hydrogens is 268 g/mol. The van der Waals surface area contributed by atoms with Crippen LogP contribution in [0, 0.1) is 11.3 Å². The molecule has 0 bridgehead atoms. The van der Waals surface area contributed by atoms with E-state index in [0.29, 0.717) is 17.2 Å². The number of aromatic nitrogens is 1. The number of allylic oxidation sites excluding steroid dienone is 1. The Labute approximate surface area is 122 Å². The monoisotopic (exact) mass is 282 g/mol. The third-order valence-electron chi connectivity index (χ3n) is 2.61. The molecule has 0 spiro atoms. The molecule has 0 atom stereocenters. The molecule has 21 heavy (non-hydrogen) atoms. The van der Waals surface area contributed by atoms with Crippen molar-refractivity contribution in [3.05, 3.63) is 48.0 Å². The molecule has 0 saturated heterocycles. The quantitative estimate of drug-likeness (QED) is 0.673. The maximum atomic E-state index is 9.00. The summed E-state index contributed by atoms with van der Waals surface area (Å²) in [6, 6.07) is 9.36. The molecule has 0 aliphatic carbocycles. The van der Waals surface area contributed by atoms with E-state index >= 15 is 0 Å². The zero-order valence-electron chi connectivity index (χ0n) is 11.8. The predicted molar refractivity (Wildman–Crippen MR) is 80.1 cm³/mol. The maximum Gasteiger partial charge on any atom is 0.252 e. The minimum absolute atomic E-state index is 0.130. The van der Waals surface area contributed by atoms with E-state index in [-0.39, 0.29) is 11.6 Å². The third kappa shape index (κ3) is 3.28. The number of nitrogens with zero attached hydrogens (tertiary/aromatic N) is 3. The first kappa shape index (κ1) is 14.3. The third-order valence-corrected chi connectivity index (χ3v) is 2.61. The summed E-state index contributed by atoms with van der Waals surface area (Å²) in [7, 11) is 1.59. The highest BCUT2D eigenvalue weighted by Gasteiger charge is 2.12. The molecule has 0 unspecified atom stereocenters. The maximum absolute atomic E-state index is 9.00. The summed E-state index contributed by atoms with van der Waals surface area (Å²) in [6.07, 6.45) is 1.57. The molecule has 1 N–H and O–H groups in total. The molecular formula is C15H14N4O2. The fraction of sp³-hybridized carbons (Fsp3) is 0.133. The van der Waals surface area contributed by atoms with Gasteiger partial charge in [-0.1, -0.05) is 18.7 Å². The average molecular weight is 282 g/mol. The van der Waals surface area contributed by atoms with Gasteiger partial charge in [0, 0.05) is 11.1 Å². The smallest absolute Gasteiger partial charge is 0.252 e. The van der Waals surface area contributed by atoms with Crippen LogP contribution in [-0.4, -0.2) is 18.3 Å². The van der Waals surface area contributed by atoms with Crippen molar-refractivity contribution in [2.75, 3.05) is 12.5 Å². The number of hydrogen-bond acceptors (Lipinski definition) is 6. The number of methoxy groups -OCH3 is 1.